The summed E-state index contributed by atoms with van der Waals surface area (Å²) in [7, 11) is 0. The van der Waals surface area contributed by atoms with Gasteiger partial charge in [-0.2, -0.15) is 5.26 Å². The molecule has 0 aliphatic carbocycles. The Hall–Kier alpha value is -2.45. The van der Waals surface area contributed by atoms with Crippen LogP contribution in [0.2, 0.25) is 0 Å². The van der Waals surface area contributed by atoms with Crippen LogP contribution in [0.3, 0.4) is 0 Å². The van der Waals surface area contributed by atoms with Crippen molar-refractivity contribution in [1.29, 1.82) is 5.26 Å². The van der Waals surface area contributed by atoms with Crippen LogP contribution in [0.1, 0.15) is 24.1 Å². The van der Waals surface area contributed by atoms with Gasteiger partial charge in [-0.1, -0.05) is 0 Å². The van der Waals surface area contributed by atoms with Gasteiger partial charge in [0.05, 0.1) is 5.56 Å². The van der Waals surface area contributed by atoms with Crippen molar-refractivity contribution in [3.05, 3.63) is 59.2 Å². The van der Waals surface area contributed by atoms with Crippen molar-refractivity contribution >= 4 is 0 Å². The van der Waals surface area contributed by atoms with Crippen molar-refractivity contribution in [2.45, 2.75) is 13.0 Å². The van der Waals surface area contributed by atoms with Gasteiger partial charge in [0.15, 0.2) is 0 Å². The number of hydrogen-bond donors (Lipinski definition) is 1. The van der Waals surface area contributed by atoms with Gasteiger partial charge in [0.25, 0.3) is 0 Å². The van der Waals surface area contributed by atoms with E-state index in [9.17, 15) is 8.78 Å². The highest BCUT2D eigenvalue weighted by Crippen LogP contribution is 2.30. The molecule has 0 radical (unpaired) electrons. The molecule has 0 saturated carbocycles. The molecule has 3 nitrogen and oxygen atoms in total. The molecule has 0 aromatic heterocycles. The number of nitrogens with zero attached hydrogens (tertiary/aromatic N) is 1. The molecule has 2 aromatic rings. The normalized spacial score (nSPS) is 11.8. The van der Waals surface area contributed by atoms with Crippen LogP contribution >= 0.6 is 0 Å². The first-order valence-electron chi connectivity index (χ1n) is 5.94. The Morgan fingerprint density at radius 2 is 1.95 bits per heavy atom. The van der Waals surface area contributed by atoms with E-state index in [0.717, 1.165) is 6.07 Å². The number of hydrogen-bond acceptors (Lipinski definition) is 3. The topological polar surface area (TPSA) is 59.0 Å². The highest BCUT2D eigenvalue weighted by Gasteiger charge is 2.11. The lowest BCUT2D eigenvalue weighted by Crippen LogP contribution is -2.07. The molecule has 5 heteroatoms. The van der Waals surface area contributed by atoms with Crippen LogP contribution in [0.4, 0.5) is 8.78 Å². The average molecular weight is 274 g/mol. The number of halogens is 2. The molecule has 0 amide bonds. The maximum Gasteiger partial charge on any atom is 0.144 e. The number of benzene rings is 2. The molecule has 102 valence electrons. The lowest BCUT2D eigenvalue weighted by atomic mass is 10.1. The van der Waals surface area contributed by atoms with Gasteiger partial charge in [0.1, 0.15) is 29.2 Å². The lowest BCUT2D eigenvalue weighted by molar-refractivity contribution is 0.464. The van der Waals surface area contributed by atoms with E-state index in [0.29, 0.717) is 11.3 Å². The zero-order valence-corrected chi connectivity index (χ0v) is 10.7. The van der Waals surface area contributed by atoms with Gasteiger partial charge < -0.3 is 10.5 Å². The third kappa shape index (κ3) is 2.92. The van der Waals surface area contributed by atoms with Crippen molar-refractivity contribution in [1.82, 2.24) is 0 Å². The summed E-state index contributed by atoms with van der Waals surface area (Å²) < 4.78 is 32.2. The first-order chi connectivity index (χ1) is 9.51. The molecule has 0 heterocycles. The maximum absolute atomic E-state index is 13.5. The quantitative estimate of drug-likeness (QED) is 0.929. The number of nitriles is 1. The summed E-state index contributed by atoms with van der Waals surface area (Å²) in [5, 5.41) is 8.66. The van der Waals surface area contributed by atoms with E-state index in [4.69, 9.17) is 15.7 Å². The predicted molar refractivity (Wildman–Crippen MR) is 70.2 cm³/mol. The summed E-state index contributed by atoms with van der Waals surface area (Å²) >= 11 is 0. The van der Waals surface area contributed by atoms with Crippen LogP contribution in [0.15, 0.2) is 36.4 Å². The molecule has 2 rings (SSSR count). The fourth-order valence-electron chi connectivity index (χ4n) is 1.75. The third-order valence-corrected chi connectivity index (χ3v) is 2.75. The van der Waals surface area contributed by atoms with Crippen molar-refractivity contribution in [2.24, 2.45) is 5.73 Å². The number of rotatable bonds is 3. The molecule has 1 atom stereocenters. The average Bonchev–Trinajstić information content (AvgIpc) is 2.41. The Morgan fingerprint density at radius 1 is 1.20 bits per heavy atom. The predicted octanol–water partition coefficient (Wildman–Crippen LogP) is 3.65. The standard InChI is InChI=1S/C15H12F2N2O/c1-9(19)13-6-11(16)3-5-15(13)20-12-4-2-10(8-18)14(17)7-12/h2-7,9H,19H2,1H3/t9-/m0/s1. The van der Waals surface area contributed by atoms with E-state index in [1.54, 1.807) is 13.0 Å². The largest absolute Gasteiger partial charge is 0.457 e. The zero-order valence-electron chi connectivity index (χ0n) is 10.7. The number of nitrogens with two attached hydrogens (primary N) is 1. The fourth-order valence-corrected chi connectivity index (χ4v) is 1.75. The Morgan fingerprint density at radius 3 is 2.55 bits per heavy atom. The molecule has 0 unspecified atom stereocenters. The highest BCUT2D eigenvalue weighted by atomic mass is 19.1. The molecule has 0 spiro atoms. The van der Waals surface area contributed by atoms with E-state index < -0.39 is 17.7 Å². The van der Waals surface area contributed by atoms with E-state index in [1.807, 2.05) is 0 Å². The minimum absolute atomic E-state index is 0.0659. The first kappa shape index (κ1) is 14.0. The molecule has 0 bridgehead atoms. The summed E-state index contributed by atoms with van der Waals surface area (Å²) in [5.41, 5.74) is 6.16. The van der Waals surface area contributed by atoms with Gasteiger partial charge in [-0.05, 0) is 37.3 Å². The van der Waals surface area contributed by atoms with E-state index in [-0.39, 0.29) is 11.3 Å². The molecule has 0 aliphatic heterocycles. The second-order valence-electron chi connectivity index (χ2n) is 4.33. The molecule has 0 aliphatic rings. The summed E-state index contributed by atoms with van der Waals surface area (Å²) in [4.78, 5) is 0. The van der Waals surface area contributed by atoms with Crippen LogP contribution in [-0.2, 0) is 0 Å². The Balaban J connectivity index is 2.35. The molecule has 0 fully saturated rings. The Kier molecular flexibility index (Phi) is 3.97. The van der Waals surface area contributed by atoms with E-state index in [1.165, 1.54) is 30.3 Å². The van der Waals surface area contributed by atoms with E-state index in [2.05, 4.69) is 0 Å². The zero-order chi connectivity index (χ0) is 14.7. The van der Waals surface area contributed by atoms with Gasteiger partial charge in [-0.15, -0.1) is 0 Å². The smallest absolute Gasteiger partial charge is 0.144 e. The highest BCUT2D eigenvalue weighted by molar-refractivity contribution is 5.42. The SMILES string of the molecule is C[C@H](N)c1cc(F)ccc1Oc1ccc(C#N)c(F)c1. The third-order valence-electron chi connectivity index (χ3n) is 2.75. The molecular weight excluding hydrogens is 262 g/mol. The second-order valence-corrected chi connectivity index (χ2v) is 4.33. The van der Waals surface area contributed by atoms with Crippen LogP contribution in [-0.4, -0.2) is 0 Å². The van der Waals surface area contributed by atoms with Gasteiger partial charge >= 0.3 is 0 Å². The van der Waals surface area contributed by atoms with Crippen molar-refractivity contribution in [3.8, 4) is 17.6 Å². The Bertz CT molecular complexity index is 678. The van der Waals surface area contributed by atoms with Crippen LogP contribution in [0.5, 0.6) is 11.5 Å². The second kappa shape index (κ2) is 5.68. The van der Waals surface area contributed by atoms with Crippen LogP contribution in [0.25, 0.3) is 0 Å². The van der Waals surface area contributed by atoms with Gasteiger partial charge in [0, 0.05) is 17.7 Å². The summed E-state index contributed by atoms with van der Waals surface area (Å²) in [6, 6.07) is 9.14. The minimum atomic E-state index is -0.672. The van der Waals surface area contributed by atoms with Crippen molar-refractivity contribution < 1.29 is 13.5 Å². The Labute approximate surface area is 115 Å². The lowest BCUT2D eigenvalue weighted by Gasteiger charge is -2.14. The van der Waals surface area contributed by atoms with Crippen LogP contribution in [0, 0.1) is 23.0 Å². The molecule has 0 saturated heterocycles. The number of ether oxygens (including phenoxy) is 1. The van der Waals surface area contributed by atoms with Crippen molar-refractivity contribution in [3.63, 3.8) is 0 Å². The molecule has 20 heavy (non-hydrogen) atoms. The summed E-state index contributed by atoms with van der Waals surface area (Å²) in [6.45, 7) is 1.70. The van der Waals surface area contributed by atoms with Gasteiger partial charge in [-0.25, -0.2) is 8.78 Å². The molecular formula is C15H12F2N2O. The summed E-state index contributed by atoms with van der Waals surface area (Å²) in [6.07, 6.45) is 0. The maximum atomic E-state index is 13.5. The fraction of sp³-hybridized carbons (Fsp3) is 0.133. The van der Waals surface area contributed by atoms with Gasteiger partial charge in [-0.3, -0.25) is 0 Å². The van der Waals surface area contributed by atoms with E-state index >= 15 is 0 Å². The monoisotopic (exact) mass is 274 g/mol. The molecule has 2 N–H and O–H groups in total. The molecule has 2 aromatic carbocycles. The summed E-state index contributed by atoms with van der Waals surface area (Å²) in [5.74, 6) is -0.523. The first-order valence-corrected chi connectivity index (χ1v) is 5.94. The van der Waals surface area contributed by atoms with Crippen LogP contribution < -0.4 is 10.5 Å². The van der Waals surface area contributed by atoms with Crippen molar-refractivity contribution in [2.75, 3.05) is 0 Å². The minimum Gasteiger partial charge on any atom is -0.457 e. The van der Waals surface area contributed by atoms with Gasteiger partial charge in [0.2, 0.25) is 0 Å².